The minimum Gasteiger partial charge on any atom is -0.368 e. The van der Waals surface area contributed by atoms with E-state index in [0.29, 0.717) is 35.9 Å². The van der Waals surface area contributed by atoms with E-state index in [1.165, 1.54) is 6.07 Å². The van der Waals surface area contributed by atoms with E-state index in [9.17, 15) is 18.0 Å². The predicted octanol–water partition coefficient (Wildman–Crippen LogP) is 5.22. The molecule has 1 aliphatic rings. The van der Waals surface area contributed by atoms with Crippen molar-refractivity contribution in [2.24, 2.45) is 5.92 Å². The largest absolute Gasteiger partial charge is 0.417 e. The van der Waals surface area contributed by atoms with Crippen LogP contribution in [-0.4, -0.2) is 44.9 Å². The van der Waals surface area contributed by atoms with Gasteiger partial charge in [0.05, 0.1) is 17.3 Å². The molecule has 178 valence electrons. The first kappa shape index (κ1) is 23.7. The minimum absolute atomic E-state index is 0.163. The number of aromatic nitrogens is 3. The highest BCUT2D eigenvalue weighted by Crippen LogP contribution is 2.30. The van der Waals surface area contributed by atoms with Gasteiger partial charge in [-0.25, -0.2) is 9.97 Å². The number of carbonyl (C=O) groups excluding carboxylic acids is 1. The van der Waals surface area contributed by atoms with Gasteiger partial charge in [0.1, 0.15) is 11.5 Å². The summed E-state index contributed by atoms with van der Waals surface area (Å²) in [6.07, 6.45) is -0.127. The summed E-state index contributed by atoms with van der Waals surface area (Å²) < 4.78 is 38.5. The molecule has 0 bridgehead atoms. The van der Waals surface area contributed by atoms with E-state index in [-0.39, 0.29) is 17.9 Å². The van der Waals surface area contributed by atoms with Gasteiger partial charge >= 0.3 is 6.18 Å². The number of aryl methyl sites for hydroxylation is 1. The van der Waals surface area contributed by atoms with Crippen LogP contribution in [-0.2, 0) is 6.18 Å². The van der Waals surface area contributed by atoms with Gasteiger partial charge in [0, 0.05) is 36.7 Å². The quantitative estimate of drug-likeness (QED) is 0.555. The number of anilines is 1. The third kappa shape index (κ3) is 5.18. The predicted molar refractivity (Wildman–Crippen MR) is 123 cm³/mol. The Balaban J connectivity index is 1.57. The molecule has 0 aromatic carbocycles. The third-order valence-electron chi connectivity index (χ3n) is 6.14. The number of halogens is 3. The Morgan fingerprint density at radius 1 is 1.15 bits per heavy atom. The number of carbonyl (C=O) groups is 1. The zero-order valence-electron chi connectivity index (χ0n) is 19.0. The third-order valence-corrected chi connectivity index (χ3v) is 6.14. The lowest BCUT2D eigenvalue weighted by Crippen LogP contribution is -2.51. The SMILES string of the molecule is Cc1ccc(-c2ccccn2)c(C(=O)N2CCC[C@@H](C)[C@H]2CNc2ccc(C(F)(F)F)cn2)n1. The van der Waals surface area contributed by atoms with Crippen molar-refractivity contribution >= 4 is 11.7 Å². The molecule has 3 aromatic heterocycles. The molecule has 0 radical (unpaired) electrons. The summed E-state index contributed by atoms with van der Waals surface area (Å²) in [6.45, 7) is 4.87. The van der Waals surface area contributed by atoms with Crippen LogP contribution in [0.5, 0.6) is 0 Å². The van der Waals surface area contributed by atoms with Crippen molar-refractivity contribution < 1.29 is 18.0 Å². The van der Waals surface area contributed by atoms with Crippen LogP contribution < -0.4 is 5.32 Å². The number of pyridine rings is 3. The number of alkyl halides is 3. The van der Waals surface area contributed by atoms with Crippen molar-refractivity contribution in [1.29, 1.82) is 0 Å². The van der Waals surface area contributed by atoms with E-state index < -0.39 is 11.7 Å². The number of piperidine rings is 1. The van der Waals surface area contributed by atoms with Gasteiger partial charge in [0.15, 0.2) is 0 Å². The van der Waals surface area contributed by atoms with Crippen molar-refractivity contribution in [3.63, 3.8) is 0 Å². The molecule has 34 heavy (non-hydrogen) atoms. The summed E-state index contributed by atoms with van der Waals surface area (Å²) in [7, 11) is 0. The number of nitrogens with zero attached hydrogens (tertiary/aromatic N) is 4. The van der Waals surface area contributed by atoms with E-state index in [4.69, 9.17) is 0 Å². The molecule has 9 heteroatoms. The first-order valence-corrected chi connectivity index (χ1v) is 11.2. The smallest absolute Gasteiger partial charge is 0.368 e. The van der Waals surface area contributed by atoms with Crippen LogP contribution in [0.25, 0.3) is 11.3 Å². The highest BCUT2D eigenvalue weighted by atomic mass is 19.4. The Morgan fingerprint density at radius 3 is 2.65 bits per heavy atom. The number of rotatable bonds is 5. The van der Waals surface area contributed by atoms with Gasteiger partial charge < -0.3 is 10.2 Å². The van der Waals surface area contributed by atoms with E-state index in [0.717, 1.165) is 30.8 Å². The fourth-order valence-corrected chi connectivity index (χ4v) is 4.27. The topological polar surface area (TPSA) is 71.0 Å². The summed E-state index contributed by atoms with van der Waals surface area (Å²) >= 11 is 0. The molecular formula is C25H26F3N5O. The van der Waals surface area contributed by atoms with E-state index in [2.05, 4.69) is 27.2 Å². The minimum atomic E-state index is -4.43. The van der Waals surface area contributed by atoms with Gasteiger partial charge in [-0.1, -0.05) is 13.0 Å². The molecule has 0 spiro atoms. The second-order valence-electron chi connectivity index (χ2n) is 8.56. The monoisotopic (exact) mass is 469 g/mol. The Labute approximate surface area is 196 Å². The van der Waals surface area contributed by atoms with Crippen molar-refractivity contribution in [1.82, 2.24) is 19.9 Å². The molecule has 1 fully saturated rings. The maximum Gasteiger partial charge on any atom is 0.417 e. The van der Waals surface area contributed by atoms with E-state index >= 15 is 0 Å². The summed E-state index contributed by atoms with van der Waals surface area (Å²) in [5.41, 5.74) is 1.63. The molecule has 6 nitrogen and oxygen atoms in total. The molecule has 3 aromatic rings. The number of nitrogens with one attached hydrogen (secondary N) is 1. The summed E-state index contributed by atoms with van der Waals surface area (Å²) in [6, 6.07) is 11.4. The van der Waals surface area contributed by atoms with Crippen molar-refractivity contribution in [3.05, 3.63) is 71.8 Å². The first-order valence-electron chi connectivity index (χ1n) is 11.2. The Bertz CT molecular complexity index is 1140. The molecule has 0 aliphatic carbocycles. The van der Waals surface area contributed by atoms with Gasteiger partial charge in [0.25, 0.3) is 5.91 Å². The van der Waals surface area contributed by atoms with Crippen LogP contribution in [0, 0.1) is 12.8 Å². The average Bonchev–Trinajstić information content (AvgIpc) is 2.83. The summed E-state index contributed by atoms with van der Waals surface area (Å²) in [5, 5.41) is 3.11. The second kappa shape index (κ2) is 9.79. The van der Waals surface area contributed by atoms with Crippen LogP contribution in [0.3, 0.4) is 0 Å². The molecular weight excluding hydrogens is 443 g/mol. The fraction of sp³-hybridized carbons (Fsp3) is 0.360. The zero-order valence-corrected chi connectivity index (χ0v) is 19.0. The first-order chi connectivity index (χ1) is 16.2. The lowest BCUT2D eigenvalue weighted by atomic mass is 9.90. The summed E-state index contributed by atoms with van der Waals surface area (Å²) in [5.74, 6) is 0.354. The lowest BCUT2D eigenvalue weighted by Gasteiger charge is -2.40. The molecule has 1 amide bonds. The molecule has 1 N–H and O–H groups in total. The molecule has 4 rings (SSSR count). The number of amides is 1. The van der Waals surface area contributed by atoms with Crippen LogP contribution >= 0.6 is 0 Å². The summed E-state index contributed by atoms with van der Waals surface area (Å²) in [4.78, 5) is 28.4. The Kier molecular flexibility index (Phi) is 6.81. The second-order valence-corrected chi connectivity index (χ2v) is 8.56. The van der Waals surface area contributed by atoms with E-state index in [1.807, 2.05) is 42.2 Å². The van der Waals surface area contributed by atoms with E-state index in [1.54, 1.807) is 6.20 Å². The molecule has 2 atom stereocenters. The number of hydrogen-bond acceptors (Lipinski definition) is 5. The van der Waals surface area contributed by atoms with Crippen molar-refractivity contribution in [3.8, 4) is 11.3 Å². The van der Waals surface area contributed by atoms with Gasteiger partial charge in [-0.2, -0.15) is 13.2 Å². The fourth-order valence-electron chi connectivity index (χ4n) is 4.27. The molecule has 1 saturated heterocycles. The highest BCUT2D eigenvalue weighted by Gasteiger charge is 2.34. The van der Waals surface area contributed by atoms with Crippen LogP contribution in [0.1, 0.15) is 41.5 Å². The molecule has 1 aliphatic heterocycles. The molecule has 0 saturated carbocycles. The Morgan fingerprint density at radius 2 is 1.97 bits per heavy atom. The maximum atomic E-state index is 13.7. The van der Waals surface area contributed by atoms with Crippen LogP contribution in [0.15, 0.2) is 54.9 Å². The zero-order chi connectivity index (χ0) is 24.3. The maximum absolute atomic E-state index is 13.7. The molecule has 0 unspecified atom stereocenters. The van der Waals surface area contributed by atoms with Crippen molar-refractivity contribution in [2.45, 2.75) is 38.9 Å². The van der Waals surface area contributed by atoms with Crippen LogP contribution in [0.4, 0.5) is 19.0 Å². The normalized spacial score (nSPS) is 18.6. The van der Waals surface area contributed by atoms with Gasteiger partial charge in [-0.3, -0.25) is 9.78 Å². The highest BCUT2D eigenvalue weighted by molar-refractivity contribution is 5.99. The number of hydrogen-bond donors (Lipinski definition) is 1. The average molecular weight is 470 g/mol. The van der Waals surface area contributed by atoms with Gasteiger partial charge in [-0.15, -0.1) is 0 Å². The van der Waals surface area contributed by atoms with Gasteiger partial charge in [0.2, 0.25) is 0 Å². The van der Waals surface area contributed by atoms with Gasteiger partial charge in [-0.05, 0) is 62.1 Å². The standard InChI is InChI=1S/C25H26F3N5O/c1-16-6-5-13-33(21(16)15-31-22-11-9-18(14-30-22)25(26,27)28)24(34)23-19(10-8-17(2)32-23)20-7-3-4-12-29-20/h3-4,7-12,14,16,21H,5-6,13,15H2,1-2H3,(H,30,31)/t16-,21-/m1/s1. The number of likely N-dealkylation sites (tertiary alicyclic amines) is 1. The van der Waals surface area contributed by atoms with Crippen molar-refractivity contribution in [2.75, 3.05) is 18.4 Å². The molecule has 4 heterocycles. The Hall–Kier alpha value is -3.49. The lowest BCUT2D eigenvalue weighted by molar-refractivity contribution is -0.137. The van der Waals surface area contributed by atoms with Crippen LogP contribution in [0.2, 0.25) is 0 Å².